The summed E-state index contributed by atoms with van der Waals surface area (Å²) in [6.45, 7) is 6.61. The van der Waals surface area contributed by atoms with Crippen LogP contribution in [0, 0.1) is 11.3 Å². The molecular weight excluding hydrogens is 362 g/mol. The van der Waals surface area contributed by atoms with Crippen molar-refractivity contribution in [1.82, 2.24) is 15.1 Å². The van der Waals surface area contributed by atoms with Crippen molar-refractivity contribution < 1.29 is 24.3 Å². The second-order valence-electron chi connectivity index (χ2n) is 9.10. The summed E-state index contributed by atoms with van der Waals surface area (Å²) >= 11 is 0. The van der Waals surface area contributed by atoms with Crippen molar-refractivity contribution in [3.63, 3.8) is 0 Å². The summed E-state index contributed by atoms with van der Waals surface area (Å²) in [5.41, 5.74) is -0.709. The second kappa shape index (κ2) is 7.37. The lowest BCUT2D eigenvalue weighted by Crippen LogP contribution is -2.51. The molecule has 0 aromatic heterocycles. The van der Waals surface area contributed by atoms with E-state index in [9.17, 15) is 24.3 Å². The molecule has 0 aromatic rings. The molecule has 28 heavy (non-hydrogen) atoms. The Labute approximate surface area is 165 Å². The van der Waals surface area contributed by atoms with Gasteiger partial charge in [0.15, 0.2) is 0 Å². The van der Waals surface area contributed by atoms with Crippen LogP contribution in [0.2, 0.25) is 0 Å². The van der Waals surface area contributed by atoms with Crippen molar-refractivity contribution in [2.24, 2.45) is 11.3 Å². The molecule has 8 nitrogen and oxygen atoms in total. The Hall–Kier alpha value is -2.12. The average Bonchev–Trinajstić information content (AvgIpc) is 3.22. The lowest BCUT2D eigenvalue weighted by atomic mass is 9.65. The van der Waals surface area contributed by atoms with Crippen molar-refractivity contribution in [2.75, 3.05) is 13.1 Å². The minimum atomic E-state index is -1.05. The zero-order valence-corrected chi connectivity index (χ0v) is 17.0. The molecular formula is C20H31N3O5. The zero-order chi connectivity index (χ0) is 20.7. The van der Waals surface area contributed by atoms with Gasteiger partial charge in [0, 0.05) is 6.54 Å². The van der Waals surface area contributed by atoms with Gasteiger partial charge in [0.1, 0.15) is 18.1 Å². The molecule has 1 spiro atoms. The molecule has 1 saturated carbocycles. The number of hydrogen-bond acceptors (Lipinski definition) is 4. The molecule has 2 saturated heterocycles. The van der Waals surface area contributed by atoms with Gasteiger partial charge in [-0.25, -0.2) is 9.59 Å². The fourth-order valence-electron chi connectivity index (χ4n) is 4.89. The molecule has 0 radical (unpaired) electrons. The van der Waals surface area contributed by atoms with Gasteiger partial charge in [-0.15, -0.1) is 0 Å². The highest BCUT2D eigenvalue weighted by molar-refractivity contribution is 6.09. The molecule has 3 aliphatic rings. The van der Waals surface area contributed by atoms with Crippen LogP contribution in [0.4, 0.5) is 4.79 Å². The van der Waals surface area contributed by atoms with E-state index in [-0.39, 0.29) is 17.9 Å². The molecule has 1 unspecified atom stereocenters. The van der Waals surface area contributed by atoms with E-state index in [1.807, 2.05) is 0 Å². The van der Waals surface area contributed by atoms with Gasteiger partial charge in [0.2, 0.25) is 5.91 Å². The summed E-state index contributed by atoms with van der Waals surface area (Å²) in [7, 11) is 0. The maximum absolute atomic E-state index is 13.0. The number of imide groups is 1. The summed E-state index contributed by atoms with van der Waals surface area (Å²) < 4.78 is 0. The van der Waals surface area contributed by atoms with Crippen LogP contribution in [-0.4, -0.2) is 63.4 Å². The molecule has 2 aliphatic heterocycles. The molecule has 156 valence electrons. The zero-order valence-electron chi connectivity index (χ0n) is 17.0. The van der Waals surface area contributed by atoms with Gasteiger partial charge in [-0.1, -0.05) is 27.2 Å². The van der Waals surface area contributed by atoms with Gasteiger partial charge in [-0.2, -0.15) is 0 Å². The maximum atomic E-state index is 13.0. The van der Waals surface area contributed by atoms with Crippen LogP contribution in [-0.2, 0) is 14.4 Å². The summed E-state index contributed by atoms with van der Waals surface area (Å²) in [6.07, 6.45) is 4.96. The van der Waals surface area contributed by atoms with Crippen molar-refractivity contribution in [3.05, 3.63) is 0 Å². The number of carboxylic acids is 1. The van der Waals surface area contributed by atoms with Crippen molar-refractivity contribution in [1.29, 1.82) is 0 Å². The van der Waals surface area contributed by atoms with Crippen LogP contribution in [0.3, 0.4) is 0 Å². The number of nitrogens with one attached hydrogen (secondary N) is 1. The van der Waals surface area contributed by atoms with Gasteiger partial charge >= 0.3 is 12.0 Å². The number of aliphatic carboxylic acids is 1. The molecule has 1 aliphatic carbocycles. The highest BCUT2D eigenvalue weighted by Gasteiger charge is 2.54. The Balaban J connectivity index is 1.66. The summed E-state index contributed by atoms with van der Waals surface area (Å²) in [5, 5.41) is 12.1. The van der Waals surface area contributed by atoms with Crippen LogP contribution >= 0.6 is 0 Å². The quantitative estimate of drug-likeness (QED) is 0.695. The van der Waals surface area contributed by atoms with Gasteiger partial charge in [-0.05, 0) is 49.9 Å². The van der Waals surface area contributed by atoms with Crippen LogP contribution in [0.5, 0.6) is 0 Å². The number of carbonyl (C=O) groups excluding carboxylic acids is 3. The first-order valence-electron chi connectivity index (χ1n) is 10.3. The van der Waals surface area contributed by atoms with E-state index in [0.717, 1.165) is 24.2 Å². The highest BCUT2D eigenvalue weighted by Crippen LogP contribution is 2.45. The van der Waals surface area contributed by atoms with E-state index in [1.54, 1.807) is 0 Å². The van der Waals surface area contributed by atoms with E-state index >= 15 is 0 Å². The summed E-state index contributed by atoms with van der Waals surface area (Å²) in [6, 6.07) is -1.41. The summed E-state index contributed by atoms with van der Waals surface area (Å²) in [4.78, 5) is 51.7. The predicted octanol–water partition coefficient (Wildman–Crippen LogP) is 1.98. The number of nitrogens with zero attached hydrogens (tertiary/aromatic N) is 2. The molecule has 3 rings (SSSR count). The third-order valence-corrected chi connectivity index (χ3v) is 7.25. The topological polar surface area (TPSA) is 107 Å². The molecule has 2 N–H and O–H groups in total. The number of carboxylic acid groups (broad SMARTS) is 1. The Morgan fingerprint density at radius 2 is 1.86 bits per heavy atom. The third kappa shape index (κ3) is 3.49. The molecule has 2 heterocycles. The normalized spacial score (nSPS) is 30.8. The van der Waals surface area contributed by atoms with E-state index in [4.69, 9.17) is 0 Å². The number of amides is 4. The van der Waals surface area contributed by atoms with Crippen LogP contribution in [0.25, 0.3) is 0 Å². The Morgan fingerprint density at radius 3 is 2.43 bits per heavy atom. The average molecular weight is 393 g/mol. The minimum absolute atomic E-state index is 0.199. The Kier molecular flexibility index (Phi) is 5.42. The van der Waals surface area contributed by atoms with E-state index in [0.29, 0.717) is 38.1 Å². The first kappa shape index (κ1) is 20.6. The van der Waals surface area contributed by atoms with Crippen molar-refractivity contribution >= 4 is 23.8 Å². The van der Waals surface area contributed by atoms with E-state index in [2.05, 4.69) is 26.1 Å². The molecule has 4 amide bonds. The standard InChI is InChI=1S/C20H31N3O5/c1-4-19(2,3)13-7-9-20(10-8-13)17(27)23(18(28)21-20)12-15(24)22-11-5-6-14(22)16(25)26/h13-14H,4-12H2,1-3H3,(H,21,28)(H,25,26). The molecule has 8 heteroatoms. The first-order chi connectivity index (χ1) is 13.1. The largest absolute Gasteiger partial charge is 0.480 e. The monoisotopic (exact) mass is 393 g/mol. The number of rotatable bonds is 5. The van der Waals surface area contributed by atoms with E-state index < -0.39 is 29.5 Å². The lowest BCUT2D eigenvalue weighted by molar-refractivity contribution is -0.149. The number of likely N-dealkylation sites (tertiary alicyclic amines) is 1. The first-order valence-corrected chi connectivity index (χ1v) is 10.3. The highest BCUT2D eigenvalue weighted by atomic mass is 16.4. The van der Waals surface area contributed by atoms with Crippen LogP contribution in [0.15, 0.2) is 0 Å². The minimum Gasteiger partial charge on any atom is -0.480 e. The molecule has 3 fully saturated rings. The van der Waals surface area contributed by atoms with Gasteiger partial charge in [0.05, 0.1) is 0 Å². The lowest BCUT2D eigenvalue weighted by Gasteiger charge is -2.42. The number of carbonyl (C=O) groups is 4. The van der Waals surface area contributed by atoms with E-state index in [1.165, 1.54) is 4.90 Å². The molecule has 0 bridgehead atoms. The number of urea groups is 1. The van der Waals surface area contributed by atoms with Gasteiger partial charge < -0.3 is 15.3 Å². The van der Waals surface area contributed by atoms with Crippen LogP contribution in [0.1, 0.15) is 65.7 Å². The Morgan fingerprint density at radius 1 is 1.21 bits per heavy atom. The predicted molar refractivity (Wildman–Crippen MR) is 101 cm³/mol. The van der Waals surface area contributed by atoms with Crippen molar-refractivity contribution in [3.8, 4) is 0 Å². The third-order valence-electron chi connectivity index (χ3n) is 7.25. The van der Waals surface area contributed by atoms with Crippen LogP contribution < -0.4 is 5.32 Å². The second-order valence-corrected chi connectivity index (χ2v) is 9.10. The Bertz CT molecular complexity index is 681. The maximum Gasteiger partial charge on any atom is 0.326 e. The number of hydrogen-bond donors (Lipinski definition) is 2. The smallest absolute Gasteiger partial charge is 0.326 e. The van der Waals surface area contributed by atoms with Gasteiger partial charge in [-0.3, -0.25) is 14.5 Å². The molecule has 0 aromatic carbocycles. The SMILES string of the molecule is CCC(C)(C)C1CCC2(CC1)NC(=O)N(CC(=O)N1CCCC1C(=O)O)C2=O. The summed E-state index contributed by atoms with van der Waals surface area (Å²) in [5.74, 6) is -1.36. The van der Waals surface area contributed by atoms with Gasteiger partial charge in [0.25, 0.3) is 5.91 Å². The molecule has 1 atom stereocenters. The fraction of sp³-hybridized carbons (Fsp3) is 0.800. The fourth-order valence-corrected chi connectivity index (χ4v) is 4.89. The van der Waals surface area contributed by atoms with Crippen molar-refractivity contribution in [2.45, 2.75) is 77.3 Å².